The van der Waals surface area contributed by atoms with Crippen LogP contribution in [0.15, 0.2) is 4.99 Å². The molecule has 1 rings (SSSR count). The van der Waals surface area contributed by atoms with Crippen LogP contribution >= 0.6 is 23.5 Å². The summed E-state index contributed by atoms with van der Waals surface area (Å²) >= 11 is 3.51. The fourth-order valence-electron chi connectivity index (χ4n) is 0.749. The molecule has 0 aliphatic carbocycles. The maximum absolute atomic E-state index is 5.11. The van der Waals surface area contributed by atoms with E-state index in [1.165, 1.54) is 0 Å². The minimum absolute atomic E-state index is 0.115. The van der Waals surface area contributed by atoms with Crippen LogP contribution in [0.2, 0.25) is 0 Å². The second kappa shape index (κ2) is 4.26. The Bertz CT molecular complexity index is 138. The third-order valence-corrected chi connectivity index (χ3v) is 3.39. The number of ether oxygens (including phenoxy) is 1. The Morgan fingerprint density at radius 3 is 3.20 bits per heavy atom. The highest BCUT2D eigenvalue weighted by Crippen LogP contribution is 2.23. The Kier molecular flexibility index (Phi) is 3.59. The van der Waals surface area contributed by atoms with Crippen LogP contribution in [-0.2, 0) is 4.74 Å². The topological polar surface area (TPSA) is 21.6 Å². The fraction of sp³-hybridized carbons (Fsp3) is 0.833. The second-order valence-electron chi connectivity index (χ2n) is 1.93. The molecule has 0 amide bonds. The minimum Gasteiger partial charge on any atom is -0.360 e. The molecule has 4 heteroatoms. The van der Waals surface area contributed by atoms with Gasteiger partial charge in [0.2, 0.25) is 0 Å². The average Bonchev–Trinajstić information content (AvgIpc) is 2.05. The Hall–Kier alpha value is 0.330. The van der Waals surface area contributed by atoms with Gasteiger partial charge in [-0.3, -0.25) is 0 Å². The van der Waals surface area contributed by atoms with Crippen molar-refractivity contribution in [2.45, 2.75) is 12.6 Å². The first-order chi connectivity index (χ1) is 4.86. The molecule has 0 radical (unpaired) electrons. The summed E-state index contributed by atoms with van der Waals surface area (Å²) in [6.45, 7) is 0. The van der Waals surface area contributed by atoms with Crippen molar-refractivity contribution in [2.75, 3.05) is 19.1 Å². The summed E-state index contributed by atoms with van der Waals surface area (Å²) in [5, 5.41) is 0. The van der Waals surface area contributed by atoms with E-state index in [0.29, 0.717) is 0 Å². The molecule has 0 fully saturated rings. The van der Waals surface area contributed by atoms with Gasteiger partial charge >= 0.3 is 0 Å². The van der Waals surface area contributed by atoms with E-state index in [1.807, 2.05) is 18.0 Å². The lowest BCUT2D eigenvalue weighted by atomic mass is 10.4. The zero-order chi connectivity index (χ0) is 7.40. The van der Waals surface area contributed by atoms with Crippen molar-refractivity contribution in [3.63, 3.8) is 0 Å². The highest BCUT2D eigenvalue weighted by Gasteiger charge is 2.13. The van der Waals surface area contributed by atoms with Crippen molar-refractivity contribution in [1.82, 2.24) is 0 Å². The molecular weight excluding hydrogens is 166 g/mol. The maximum atomic E-state index is 5.11. The van der Waals surface area contributed by atoms with Crippen molar-refractivity contribution in [3.05, 3.63) is 0 Å². The zero-order valence-corrected chi connectivity index (χ0v) is 7.80. The number of rotatable bonds is 1. The lowest BCUT2D eigenvalue weighted by Gasteiger charge is -2.16. The summed E-state index contributed by atoms with van der Waals surface area (Å²) in [6.07, 6.45) is 3.21. The largest absolute Gasteiger partial charge is 0.360 e. The Labute approximate surface area is 69.8 Å². The fourth-order valence-corrected chi connectivity index (χ4v) is 2.38. The van der Waals surface area contributed by atoms with Crippen LogP contribution in [0.5, 0.6) is 0 Å². The number of nitrogens with zero attached hydrogens (tertiary/aromatic N) is 1. The van der Waals surface area contributed by atoms with E-state index < -0.39 is 0 Å². The molecule has 0 N–H and O–H groups in total. The molecule has 1 aliphatic heterocycles. The standard InChI is InChI=1S/C6H11NOS2/c1-8-5-3-4-10-6(7-5)9-2/h5H,3-4H2,1-2H3. The van der Waals surface area contributed by atoms with E-state index in [9.17, 15) is 0 Å². The number of aliphatic imine (C=N–C) groups is 1. The van der Waals surface area contributed by atoms with Gasteiger partial charge in [0.1, 0.15) is 4.38 Å². The van der Waals surface area contributed by atoms with Crippen molar-refractivity contribution >= 4 is 27.9 Å². The summed E-state index contributed by atoms with van der Waals surface area (Å²) in [5.74, 6) is 1.14. The monoisotopic (exact) mass is 177 g/mol. The van der Waals surface area contributed by atoms with Gasteiger partial charge in [-0.15, -0.1) is 11.8 Å². The van der Waals surface area contributed by atoms with Crippen molar-refractivity contribution in [3.8, 4) is 0 Å². The number of methoxy groups -OCH3 is 1. The normalized spacial score (nSPS) is 26.2. The van der Waals surface area contributed by atoms with Gasteiger partial charge in [0.25, 0.3) is 0 Å². The third-order valence-electron chi connectivity index (χ3n) is 1.29. The number of thioether (sulfide) groups is 2. The van der Waals surface area contributed by atoms with E-state index in [-0.39, 0.29) is 6.23 Å². The molecular formula is C6H11NOS2. The first kappa shape index (κ1) is 8.43. The molecule has 1 unspecified atom stereocenters. The van der Waals surface area contributed by atoms with Crippen LogP contribution < -0.4 is 0 Å². The zero-order valence-electron chi connectivity index (χ0n) is 6.16. The van der Waals surface area contributed by atoms with Gasteiger partial charge in [-0.2, -0.15) is 0 Å². The predicted octanol–water partition coefficient (Wildman–Crippen LogP) is 1.81. The highest BCUT2D eigenvalue weighted by atomic mass is 32.2. The summed E-state index contributed by atoms with van der Waals surface area (Å²) in [7, 11) is 1.71. The maximum Gasteiger partial charge on any atom is 0.150 e. The number of hydrogen-bond acceptors (Lipinski definition) is 4. The van der Waals surface area contributed by atoms with Crippen LogP contribution in [0, 0.1) is 0 Å². The van der Waals surface area contributed by atoms with Crippen LogP contribution in [0.4, 0.5) is 0 Å². The summed E-state index contributed by atoms with van der Waals surface area (Å²) in [5.41, 5.74) is 0. The molecule has 10 heavy (non-hydrogen) atoms. The van der Waals surface area contributed by atoms with E-state index >= 15 is 0 Å². The average molecular weight is 177 g/mol. The summed E-state index contributed by atoms with van der Waals surface area (Å²) in [6, 6.07) is 0. The minimum atomic E-state index is 0.115. The Balaban J connectivity index is 2.48. The SMILES string of the molecule is COC1CCSC(SC)=N1. The van der Waals surface area contributed by atoms with E-state index in [4.69, 9.17) is 4.74 Å². The molecule has 58 valence electrons. The highest BCUT2D eigenvalue weighted by molar-refractivity contribution is 8.38. The summed E-state index contributed by atoms with van der Waals surface area (Å²) < 4.78 is 6.26. The molecule has 1 atom stereocenters. The van der Waals surface area contributed by atoms with Gasteiger partial charge in [-0.05, 0) is 6.26 Å². The first-order valence-corrected chi connectivity index (χ1v) is 5.35. The van der Waals surface area contributed by atoms with Gasteiger partial charge in [0.15, 0.2) is 6.23 Å². The Morgan fingerprint density at radius 2 is 2.60 bits per heavy atom. The number of hydrogen-bond donors (Lipinski definition) is 0. The van der Waals surface area contributed by atoms with Crippen LogP contribution in [0.3, 0.4) is 0 Å². The molecule has 0 saturated heterocycles. The molecule has 0 spiro atoms. The van der Waals surface area contributed by atoms with Crippen LogP contribution in [0.25, 0.3) is 0 Å². The molecule has 1 heterocycles. The van der Waals surface area contributed by atoms with E-state index in [1.54, 1.807) is 18.9 Å². The predicted molar refractivity (Wildman–Crippen MR) is 48.8 cm³/mol. The van der Waals surface area contributed by atoms with E-state index in [0.717, 1.165) is 16.5 Å². The first-order valence-electron chi connectivity index (χ1n) is 3.14. The molecule has 0 aromatic rings. The second-order valence-corrected chi connectivity index (χ2v) is 4.06. The van der Waals surface area contributed by atoms with Crippen LogP contribution in [-0.4, -0.2) is 29.7 Å². The molecule has 0 aromatic heterocycles. The molecule has 0 aromatic carbocycles. The van der Waals surface area contributed by atoms with Gasteiger partial charge in [0.05, 0.1) is 0 Å². The van der Waals surface area contributed by atoms with E-state index in [2.05, 4.69) is 4.99 Å². The van der Waals surface area contributed by atoms with Gasteiger partial charge in [-0.25, -0.2) is 4.99 Å². The molecule has 1 aliphatic rings. The van der Waals surface area contributed by atoms with Crippen molar-refractivity contribution < 1.29 is 4.74 Å². The van der Waals surface area contributed by atoms with Gasteiger partial charge in [-0.1, -0.05) is 11.8 Å². The lowest BCUT2D eigenvalue weighted by Crippen LogP contribution is -2.14. The van der Waals surface area contributed by atoms with Crippen LogP contribution in [0.1, 0.15) is 6.42 Å². The third kappa shape index (κ3) is 2.18. The van der Waals surface area contributed by atoms with Gasteiger partial charge < -0.3 is 4.74 Å². The lowest BCUT2D eigenvalue weighted by molar-refractivity contribution is 0.108. The van der Waals surface area contributed by atoms with Gasteiger partial charge in [0, 0.05) is 19.3 Å². The smallest absolute Gasteiger partial charge is 0.150 e. The van der Waals surface area contributed by atoms with Crippen molar-refractivity contribution in [2.24, 2.45) is 4.99 Å². The van der Waals surface area contributed by atoms with Crippen molar-refractivity contribution in [1.29, 1.82) is 0 Å². The quantitative estimate of drug-likeness (QED) is 0.609. The molecule has 2 nitrogen and oxygen atoms in total. The Morgan fingerprint density at radius 1 is 1.80 bits per heavy atom. The molecule has 0 bridgehead atoms. The summed E-state index contributed by atoms with van der Waals surface area (Å²) in [4.78, 5) is 4.34. The molecule has 0 saturated carbocycles.